The summed E-state index contributed by atoms with van der Waals surface area (Å²) in [6, 6.07) is 3.89. The summed E-state index contributed by atoms with van der Waals surface area (Å²) in [7, 11) is 0. The van der Waals surface area contributed by atoms with Gasteiger partial charge in [0.2, 0.25) is 0 Å². The van der Waals surface area contributed by atoms with Crippen LogP contribution in [-0.4, -0.2) is 25.6 Å². The van der Waals surface area contributed by atoms with E-state index >= 15 is 0 Å². The molecule has 0 unspecified atom stereocenters. The first-order valence-electron chi connectivity index (χ1n) is 5.00. The molecule has 0 fully saturated rings. The molecule has 2 N–H and O–H groups in total. The molecule has 0 aliphatic carbocycles. The van der Waals surface area contributed by atoms with E-state index in [0.29, 0.717) is 0 Å². The Morgan fingerprint density at radius 2 is 2.57 bits per heavy atom. The van der Waals surface area contributed by atoms with Crippen LogP contribution in [-0.2, 0) is 6.42 Å². The van der Waals surface area contributed by atoms with Gasteiger partial charge in [0.1, 0.15) is 5.76 Å². The average molecular weight is 193 g/mol. The van der Waals surface area contributed by atoms with Gasteiger partial charge in [-0.3, -0.25) is 4.99 Å². The first-order valence-corrected chi connectivity index (χ1v) is 5.00. The largest absolute Gasteiger partial charge is 0.469 e. The zero-order valence-electron chi connectivity index (χ0n) is 8.12. The highest BCUT2D eigenvalue weighted by molar-refractivity contribution is 5.80. The maximum absolute atomic E-state index is 5.22. The Bertz CT molecular complexity index is 292. The molecule has 0 saturated carbocycles. The van der Waals surface area contributed by atoms with Crippen molar-refractivity contribution in [2.45, 2.75) is 12.8 Å². The predicted molar refractivity (Wildman–Crippen MR) is 55.3 cm³/mol. The molecule has 0 bridgehead atoms. The molecule has 4 heteroatoms. The summed E-state index contributed by atoms with van der Waals surface area (Å²) < 4.78 is 5.22. The number of rotatable bonds is 3. The smallest absolute Gasteiger partial charge is 0.191 e. The SMILES string of the molecule is c1coc(CCNC2=NCCCN2)c1. The molecule has 0 radical (unpaired) electrons. The van der Waals surface area contributed by atoms with Gasteiger partial charge in [-0.25, -0.2) is 0 Å². The number of guanidine groups is 1. The van der Waals surface area contributed by atoms with Crippen LogP contribution >= 0.6 is 0 Å². The highest BCUT2D eigenvalue weighted by atomic mass is 16.3. The summed E-state index contributed by atoms with van der Waals surface area (Å²) in [5.74, 6) is 1.93. The van der Waals surface area contributed by atoms with Gasteiger partial charge in [0.15, 0.2) is 5.96 Å². The number of hydrogen-bond donors (Lipinski definition) is 2. The van der Waals surface area contributed by atoms with Crippen LogP contribution in [0.5, 0.6) is 0 Å². The quantitative estimate of drug-likeness (QED) is 0.745. The monoisotopic (exact) mass is 193 g/mol. The van der Waals surface area contributed by atoms with Gasteiger partial charge in [0, 0.05) is 26.1 Å². The third-order valence-electron chi connectivity index (χ3n) is 2.14. The van der Waals surface area contributed by atoms with Crippen molar-refractivity contribution in [2.75, 3.05) is 19.6 Å². The number of aliphatic imine (C=N–C) groups is 1. The molecule has 1 aliphatic rings. The molecule has 14 heavy (non-hydrogen) atoms. The van der Waals surface area contributed by atoms with E-state index in [4.69, 9.17) is 4.42 Å². The standard InChI is InChI=1S/C10H15N3O/c1-3-9(14-8-1)4-7-13-10-11-5-2-6-12-10/h1,3,8H,2,4-7H2,(H2,11,12,13). The highest BCUT2D eigenvalue weighted by Gasteiger charge is 2.02. The maximum atomic E-state index is 5.22. The lowest BCUT2D eigenvalue weighted by atomic mass is 10.3. The summed E-state index contributed by atoms with van der Waals surface area (Å²) in [4.78, 5) is 4.31. The molecule has 2 rings (SSSR count). The van der Waals surface area contributed by atoms with Crippen LogP contribution in [0, 0.1) is 0 Å². The fraction of sp³-hybridized carbons (Fsp3) is 0.500. The molecule has 4 nitrogen and oxygen atoms in total. The lowest BCUT2D eigenvalue weighted by Gasteiger charge is -2.15. The summed E-state index contributed by atoms with van der Waals surface area (Å²) in [5, 5.41) is 6.45. The fourth-order valence-electron chi connectivity index (χ4n) is 1.41. The van der Waals surface area contributed by atoms with Crippen molar-refractivity contribution in [3.63, 3.8) is 0 Å². The van der Waals surface area contributed by atoms with Crippen molar-refractivity contribution >= 4 is 5.96 Å². The van der Waals surface area contributed by atoms with Gasteiger partial charge in [-0.1, -0.05) is 0 Å². The van der Waals surface area contributed by atoms with Crippen LogP contribution in [0.2, 0.25) is 0 Å². The number of hydrogen-bond acceptors (Lipinski definition) is 4. The van der Waals surface area contributed by atoms with Crippen molar-refractivity contribution in [1.29, 1.82) is 0 Å². The molecular formula is C10H15N3O. The van der Waals surface area contributed by atoms with Crippen LogP contribution in [0.1, 0.15) is 12.2 Å². The van der Waals surface area contributed by atoms with E-state index in [1.807, 2.05) is 12.1 Å². The topological polar surface area (TPSA) is 49.6 Å². The van der Waals surface area contributed by atoms with Gasteiger partial charge in [-0.15, -0.1) is 0 Å². The summed E-state index contributed by atoms with van der Waals surface area (Å²) in [6.45, 7) is 2.81. The molecule has 0 saturated heterocycles. The molecule has 0 amide bonds. The van der Waals surface area contributed by atoms with Crippen molar-refractivity contribution < 1.29 is 4.42 Å². The van der Waals surface area contributed by atoms with E-state index in [9.17, 15) is 0 Å². The van der Waals surface area contributed by atoms with Gasteiger partial charge >= 0.3 is 0 Å². The van der Waals surface area contributed by atoms with E-state index in [-0.39, 0.29) is 0 Å². The predicted octanol–water partition coefficient (Wildman–Crippen LogP) is 0.761. The van der Waals surface area contributed by atoms with Crippen molar-refractivity contribution in [1.82, 2.24) is 10.6 Å². The van der Waals surface area contributed by atoms with Crippen molar-refractivity contribution in [2.24, 2.45) is 4.99 Å². The molecule has 1 aromatic heterocycles. The molecule has 0 spiro atoms. The normalized spacial score (nSPS) is 15.9. The molecule has 76 valence electrons. The molecule has 1 aromatic rings. The van der Waals surface area contributed by atoms with Crippen LogP contribution in [0.15, 0.2) is 27.8 Å². The fourth-order valence-corrected chi connectivity index (χ4v) is 1.41. The van der Waals surface area contributed by atoms with Gasteiger partial charge in [-0.2, -0.15) is 0 Å². The van der Waals surface area contributed by atoms with Crippen LogP contribution < -0.4 is 10.6 Å². The third kappa shape index (κ3) is 2.52. The molecular weight excluding hydrogens is 178 g/mol. The molecule has 2 heterocycles. The van der Waals surface area contributed by atoms with E-state index in [1.54, 1.807) is 6.26 Å². The maximum Gasteiger partial charge on any atom is 0.191 e. The highest BCUT2D eigenvalue weighted by Crippen LogP contribution is 1.99. The minimum absolute atomic E-state index is 0.860. The average Bonchev–Trinajstić information content (AvgIpc) is 2.72. The summed E-state index contributed by atoms with van der Waals surface area (Å²) in [6.07, 6.45) is 3.72. The number of nitrogens with zero attached hydrogens (tertiary/aromatic N) is 1. The zero-order chi connectivity index (χ0) is 9.64. The number of furan rings is 1. The minimum atomic E-state index is 0.860. The van der Waals surface area contributed by atoms with Gasteiger partial charge < -0.3 is 15.1 Å². The van der Waals surface area contributed by atoms with E-state index in [1.165, 1.54) is 0 Å². The summed E-state index contributed by atoms with van der Waals surface area (Å²) >= 11 is 0. The Balaban J connectivity index is 1.70. The molecule has 1 aliphatic heterocycles. The number of nitrogens with one attached hydrogen (secondary N) is 2. The second kappa shape index (κ2) is 4.69. The first-order chi connectivity index (χ1) is 6.95. The van der Waals surface area contributed by atoms with Crippen LogP contribution in [0.25, 0.3) is 0 Å². The van der Waals surface area contributed by atoms with Gasteiger partial charge in [0.25, 0.3) is 0 Å². The molecule has 0 aromatic carbocycles. The Morgan fingerprint density at radius 3 is 3.29 bits per heavy atom. The Labute approximate surface area is 83.4 Å². The Morgan fingerprint density at radius 1 is 1.57 bits per heavy atom. The van der Waals surface area contributed by atoms with Gasteiger partial charge in [0.05, 0.1) is 6.26 Å². The van der Waals surface area contributed by atoms with E-state index in [0.717, 1.165) is 44.2 Å². The third-order valence-corrected chi connectivity index (χ3v) is 2.14. The van der Waals surface area contributed by atoms with Gasteiger partial charge in [-0.05, 0) is 18.6 Å². The van der Waals surface area contributed by atoms with Crippen LogP contribution in [0.4, 0.5) is 0 Å². The minimum Gasteiger partial charge on any atom is -0.469 e. The van der Waals surface area contributed by atoms with Crippen molar-refractivity contribution in [3.05, 3.63) is 24.2 Å². The van der Waals surface area contributed by atoms with E-state index < -0.39 is 0 Å². The lowest BCUT2D eigenvalue weighted by Crippen LogP contribution is -2.41. The Kier molecular flexibility index (Phi) is 3.06. The molecule has 0 atom stereocenters. The second-order valence-electron chi connectivity index (χ2n) is 3.27. The van der Waals surface area contributed by atoms with Crippen molar-refractivity contribution in [3.8, 4) is 0 Å². The van der Waals surface area contributed by atoms with E-state index in [2.05, 4.69) is 15.6 Å². The first kappa shape index (κ1) is 9.12. The lowest BCUT2D eigenvalue weighted by molar-refractivity contribution is 0.506. The summed E-state index contributed by atoms with van der Waals surface area (Å²) in [5.41, 5.74) is 0. The second-order valence-corrected chi connectivity index (χ2v) is 3.27. The zero-order valence-corrected chi connectivity index (χ0v) is 8.12. The Hall–Kier alpha value is -1.45. The van der Waals surface area contributed by atoms with Crippen LogP contribution in [0.3, 0.4) is 0 Å².